The van der Waals surface area contributed by atoms with Crippen LogP contribution in [-0.2, 0) is 9.53 Å². The highest BCUT2D eigenvalue weighted by molar-refractivity contribution is 5.85. The highest BCUT2D eigenvalue weighted by Gasteiger charge is 2.24. The Morgan fingerprint density at radius 3 is 2.74 bits per heavy atom. The van der Waals surface area contributed by atoms with Crippen LogP contribution in [0.3, 0.4) is 0 Å². The van der Waals surface area contributed by atoms with Gasteiger partial charge < -0.3 is 15.8 Å². The van der Waals surface area contributed by atoms with E-state index in [0.29, 0.717) is 0 Å². The minimum Gasteiger partial charge on any atom is -0.381 e. The molecule has 4 nitrogen and oxygen atoms in total. The molecule has 0 radical (unpaired) electrons. The number of hydrogen-bond acceptors (Lipinski definition) is 3. The highest BCUT2D eigenvalue weighted by atomic mass is 35.5. The van der Waals surface area contributed by atoms with Gasteiger partial charge in [-0.15, -0.1) is 12.4 Å². The summed E-state index contributed by atoms with van der Waals surface area (Å²) in [5, 5.41) is 3.00. The first kappa shape index (κ1) is 16.7. The largest absolute Gasteiger partial charge is 0.381 e. The quantitative estimate of drug-likeness (QED) is 0.704. The van der Waals surface area contributed by atoms with E-state index in [-0.39, 0.29) is 30.3 Å². The van der Waals surface area contributed by atoms with Crippen molar-refractivity contribution < 1.29 is 9.53 Å². The molecule has 1 amide bonds. The van der Waals surface area contributed by atoms with Crippen molar-refractivity contribution in [3.63, 3.8) is 0 Å². The molecule has 3 N–H and O–H groups in total. The van der Waals surface area contributed by atoms with Crippen LogP contribution in [-0.4, -0.2) is 31.7 Å². The van der Waals surface area contributed by atoms with Gasteiger partial charge >= 0.3 is 0 Å². The van der Waals surface area contributed by atoms with Crippen LogP contribution in [0.2, 0.25) is 0 Å². The van der Waals surface area contributed by atoms with Crippen LogP contribution >= 0.6 is 12.4 Å². The summed E-state index contributed by atoms with van der Waals surface area (Å²) in [5.41, 5.74) is 5.89. The Morgan fingerprint density at radius 1 is 1.26 bits per heavy atom. The predicted molar refractivity (Wildman–Crippen MR) is 78.4 cm³/mol. The van der Waals surface area contributed by atoms with Crippen LogP contribution in [0.15, 0.2) is 0 Å². The lowest BCUT2D eigenvalue weighted by atomic mass is 9.85. The van der Waals surface area contributed by atoms with Gasteiger partial charge in [0, 0.05) is 31.7 Å². The lowest BCUT2D eigenvalue weighted by Gasteiger charge is -2.25. The Bertz CT molecular complexity index is 272. The Hall–Kier alpha value is -0.320. The zero-order valence-corrected chi connectivity index (χ0v) is 12.4. The van der Waals surface area contributed by atoms with E-state index in [1.165, 1.54) is 12.8 Å². The Morgan fingerprint density at radius 2 is 2.05 bits per heavy atom. The number of carbonyl (C=O) groups excluding carboxylic acids is 1. The number of ether oxygens (including phenoxy) is 1. The SMILES string of the molecule is Cl.NC1CCCC(C(=O)NCCCOCC2CC2)C1. The first-order chi connectivity index (χ1) is 8.75. The van der Waals surface area contributed by atoms with E-state index in [0.717, 1.165) is 57.8 Å². The molecular formula is C14H27ClN2O2. The third-order valence-electron chi connectivity index (χ3n) is 3.90. The fourth-order valence-corrected chi connectivity index (χ4v) is 2.53. The summed E-state index contributed by atoms with van der Waals surface area (Å²) in [6, 6.07) is 0.219. The fourth-order valence-electron chi connectivity index (χ4n) is 2.53. The highest BCUT2D eigenvalue weighted by Crippen LogP contribution is 2.28. The van der Waals surface area contributed by atoms with Crippen molar-refractivity contribution in [1.29, 1.82) is 0 Å². The summed E-state index contributed by atoms with van der Waals surface area (Å²) in [6.07, 6.45) is 7.58. The molecule has 2 atom stereocenters. The van der Waals surface area contributed by atoms with Gasteiger partial charge in [0.2, 0.25) is 5.91 Å². The van der Waals surface area contributed by atoms with Gasteiger partial charge in [0.1, 0.15) is 0 Å². The molecule has 2 unspecified atom stereocenters. The standard InChI is InChI=1S/C14H26N2O2.ClH/c15-13-4-1-3-12(9-13)14(17)16-7-2-8-18-10-11-5-6-11;/h11-13H,1-10,15H2,(H,16,17);1H. The van der Waals surface area contributed by atoms with E-state index in [1.54, 1.807) is 0 Å². The van der Waals surface area contributed by atoms with E-state index in [4.69, 9.17) is 10.5 Å². The lowest BCUT2D eigenvalue weighted by molar-refractivity contribution is -0.126. The van der Waals surface area contributed by atoms with Gasteiger partial charge in [-0.3, -0.25) is 4.79 Å². The normalized spacial score (nSPS) is 26.6. The molecule has 112 valence electrons. The van der Waals surface area contributed by atoms with Crippen molar-refractivity contribution in [2.24, 2.45) is 17.6 Å². The van der Waals surface area contributed by atoms with Gasteiger partial charge in [-0.25, -0.2) is 0 Å². The second-order valence-electron chi connectivity index (χ2n) is 5.79. The first-order valence-electron chi connectivity index (χ1n) is 7.36. The van der Waals surface area contributed by atoms with Gasteiger partial charge in [0.15, 0.2) is 0 Å². The van der Waals surface area contributed by atoms with Crippen LogP contribution in [0.25, 0.3) is 0 Å². The van der Waals surface area contributed by atoms with Crippen LogP contribution in [0.5, 0.6) is 0 Å². The summed E-state index contributed by atoms with van der Waals surface area (Å²) in [6.45, 7) is 2.40. The molecule has 2 rings (SSSR count). The molecule has 0 aromatic carbocycles. The van der Waals surface area contributed by atoms with Gasteiger partial charge in [0.25, 0.3) is 0 Å². The molecule has 2 fully saturated rings. The molecule has 0 heterocycles. The molecule has 0 saturated heterocycles. The van der Waals surface area contributed by atoms with E-state index in [1.807, 2.05) is 0 Å². The number of nitrogens with two attached hydrogens (primary N) is 1. The smallest absolute Gasteiger partial charge is 0.223 e. The average Bonchev–Trinajstić information content (AvgIpc) is 3.17. The Balaban J connectivity index is 0.00000180. The molecule has 19 heavy (non-hydrogen) atoms. The van der Waals surface area contributed by atoms with Crippen molar-refractivity contribution in [2.45, 2.75) is 51.0 Å². The van der Waals surface area contributed by atoms with Crippen molar-refractivity contribution in [3.8, 4) is 0 Å². The zero-order chi connectivity index (χ0) is 12.8. The molecule has 0 bridgehead atoms. The fraction of sp³-hybridized carbons (Fsp3) is 0.929. The van der Waals surface area contributed by atoms with Crippen LogP contribution in [0.1, 0.15) is 44.9 Å². The van der Waals surface area contributed by atoms with Crippen molar-refractivity contribution in [3.05, 3.63) is 0 Å². The number of carbonyl (C=O) groups is 1. The molecular weight excluding hydrogens is 264 g/mol. The molecule has 5 heteroatoms. The second kappa shape index (κ2) is 8.77. The lowest BCUT2D eigenvalue weighted by Crippen LogP contribution is -2.38. The third kappa shape index (κ3) is 6.59. The molecule has 0 aromatic heterocycles. The molecule has 2 aliphatic rings. The van der Waals surface area contributed by atoms with Gasteiger partial charge in [-0.2, -0.15) is 0 Å². The summed E-state index contributed by atoms with van der Waals surface area (Å²) in [4.78, 5) is 11.9. The Labute approximate surface area is 122 Å². The second-order valence-corrected chi connectivity index (χ2v) is 5.79. The maximum absolute atomic E-state index is 11.9. The molecule has 2 aliphatic carbocycles. The van der Waals surface area contributed by atoms with Gasteiger partial charge in [-0.05, 0) is 44.4 Å². The summed E-state index contributed by atoms with van der Waals surface area (Å²) in [5.74, 6) is 1.15. The molecule has 0 aliphatic heterocycles. The minimum absolute atomic E-state index is 0. The van der Waals surface area contributed by atoms with E-state index in [9.17, 15) is 4.79 Å². The van der Waals surface area contributed by atoms with Crippen molar-refractivity contribution in [1.82, 2.24) is 5.32 Å². The minimum atomic E-state index is 0. The summed E-state index contributed by atoms with van der Waals surface area (Å²) >= 11 is 0. The predicted octanol–water partition coefficient (Wildman–Crippen LogP) is 1.86. The van der Waals surface area contributed by atoms with Crippen LogP contribution in [0, 0.1) is 11.8 Å². The van der Waals surface area contributed by atoms with Gasteiger partial charge in [-0.1, -0.05) is 6.42 Å². The van der Waals surface area contributed by atoms with Crippen LogP contribution in [0.4, 0.5) is 0 Å². The third-order valence-corrected chi connectivity index (χ3v) is 3.90. The monoisotopic (exact) mass is 290 g/mol. The van der Waals surface area contributed by atoms with Crippen molar-refractivity contribution in [2.75, 3.05) is 19.8 Å². The molecule has 0 aromatic rings. The van der Waals surface area contributed by atoms with E-state index < -0.39 is 0 Å². The number of rotatable bonds is 7. The summed E-state index contributed by atoms with van der Waals surface area (Å²) in [7, 11) is 0. The maximum Gasteiger partial charge on any atom is 0.223 e. The first-order valence-corrected chi connectivity index (χ1v) is 7.36. The van der Waals surface area contributed by atoms with Crippen LogP contribution < -0.4 is 11.1 Å². The molecule has 0 spiro atoms. The zero-order valence-electron chi connectivity index (χ0n) is 11.6. The van der Waals surface area contributed by atoms with Crippen molar-refractivity contribution >= 4 is 18.3 Å². The number of nitrogens with one attached hydrogen (secondary N) is 1. The topological polar surface area (TPSA) is 64.4 Å². The van der Waals surface area contributed by atoms with E-state index in [2.05, 4.69) is 5.32 Å². The molecule has 2 saturated carbocycles. The Kier molecular flexibility index (Phi) is 7.73. The number of amides is 1. The number of halogens is 1. The summed E-state index contributed by atoms with van der Waals surface area (Å²) < 4.78 is 5.53. The van der Waals surface area contributed by atoms with E-state index >= 15 is 0 Å². The maximum atomic E-state index is 11.9. The number of hydrogen-bond donors (Lipinski definition) is 2. The average molecular weight is 291 g/mol. The van der Waals surface area contributed by atoms with Gasteiger partial charge in [0.05, 0.1) is 0 Å².